The number of nitrogens with zero attached hydrogens (tertiary/aromatic N) is 1. The van der Waals surface area contributed by atoms with Crippen molar-refractivity contribution in [3.63, 3.8) is 0 Å². The fourth-order valence-electron chi connectivity index (χ4n) is 1.33. The van der Waals surface area contributed by atoms with Crippen LogP contribution in [0.15, 0.2) is 6.07 Å². The molecule has 0 bridgehead atoms. The largest absolute Gasteiger partial charge is 0.573 e. The van der Waals surface area contributed by atoms with Crippen molar-refractivity contribution in [1.82, 2.24) is 4.98 Å². The summed E-state index contributed by atoms with van der Waals surface area (Å²) in [5.74, 6) is -3.06. The van der Waals surface area contributed by atoms with E-state index in [9.17, 15) is 22.4 Å². The number of esters is 1. The lowest BCUT2D eigenvalue weighted by Crippen LogP contribution is -2.20. The summed E-state index contributed by atoms with van der Waals surface area (Å²) in [6, 6.07) is 0.761. The minimum Gasteiger partial charge on any atom is -0.466 e. The van der Waals surface area contributed by atoms with Crippen molar-refractivity contribution in [3.05, 3.63) is 23.3 Å². The number of carbonyl (C=O) groups is 1. The van der Waals surface area contributed by atoms with E-state index >= 15 is 0 Å². The van der Waals surface area contributed by atoms with Gasteiger partial charge in [-0.05, 0) is 13.0 Å². The molecule has 0 aliphatic carbocycles. The third-order valence-corrected chi connectivity index (χ3v) is 2.36. The van der Waals surface area contributed by atoms with Crippen LogP contribution in [0.25, 0.3) is 0 Å². The van der Waals surface area contributed by atoms with Crippen LogP contribution in [0.2, 0.25) is 0 Å². The van der Waals surface area contributed by atoms with Crippen LogP contribution in [0.3, 0.4) is 0 Å². The van der Waals surface area contributed by atoms with Gasteiger partial charge in [0.25, 0.3) is 0 Å². The van der Waals surface area contributed by atoms with Crippen LogP contribution in [0.1, 0.15) is 18.2 Å². The molecule has 0 saturated heterocycles. The van der Waals surface area contributed by atoms with Gasteiger partial charge < -0.3 is 9.47 Å². The van der Waals surface area contributed by atoms with Gasteiger partial charge in [0.05, 0.1) is 24.6 Å². The number of halogens is 5. The lowest BCUT2D eigenvalue weighted by Gasteiger charge is -2.13. The topological polar surface area (TPSA) is 48.4 Å². The zero-order valence-electron chi connectivity index (χ0n) is 10.3. The van der Waals surface area contributed by atoms with Gasteiger partial charge in [0.15, 0.2) is 5.75 Å². The van der Waals surface area contributed by atoms with Crippen LogP contribution >= 0.6 is 11.6 Å². The van der Waals surface area contributed by atoms with Crippen LogP contribution < -0.4 is 4.74 Å². The quantitative estimate of drug-likeness (QED) is 0.363. The molecule has 0 unspecified atom stereocenters. The van der Waals surface area contributed by atoms with Gasteiger partial charge in [0.2, 0.25) is 5.95 Å². The second-order valence-corrected chi connectivity index (χ2v) is 3.81. The van der Waals surface area contributed by atoms with E-state index in [0.717, 1.165) is 6.07 Å². The van der Waals surface area contributed by atoms with Crippen molar-refractivity contribution in [2.75, 3.05) is 6.61 Å². The second-order valence-electron chi connectivity index (χ2n) is 3.55. The first-order valence-electron chi connectivity index (χ1n) is 5.42. The summed E-state index contributed by atoms with van der Waals surface area (Å²) in [6.45, 7) is 1.56. The molecule has 20 heavy (non-hydrogen) atoms. The van der Waals surface area contributed by atoms with E-state index in [1.807, 2.05) is 0 Å². The SMILES string of the molecule is CCOC(=O)Cc1nc(F)c(CCl)cc1OC(F)(F)F. The molecule has 112 valence electrons. The van der Waals surface area contributed by atoms with E-state index in [-0.39, 0.29) is 18.1 Å². The Morgan fingerprint density at radius 1 is 1.45 bits per heavy atom. The molecule has 4 nitrogen and oxygen atoms in total. The summed E-state index contributed by atoms with van der Waals surface area (Å²) in [5.41, 5.74) is -0.773. The van der Waals surface area contributed by atoms with E-state index in [0.29, 0.717) is 0 Å². The normalized spacial score (nSPS) is 11.3. The molecule has 0 amide bonds. The summed E-state index contributed by atoms with van der Waals surface area (Å²) in [5, 5.41) is 0. The number of alkyl halides is 4. The number of rotatable bonds is 5. The molecule has 0 saturated carbocycles. The number of hydrogen-bond donors (Lipinski definition) is 0. The first kappa shape index (κ1) is 16.5. The maximum Gasteiger partial charge on any atom is 0.573 e. The van der Waals surface area contributed by atoms with Gasteiger partial charge in [-0.1, -0.05) is 0 Å². The molecule has 0 atom stereocenters. The third kappa shape index (κ3) is 4.84. The molecule has 0 aromatic carbocycles. The van der Waals surface area contributed by atoms with E-state index < -0.39 is 36.1 Å². The van der Waals surface area contributed by atoms with E-state index in [1.54, 1.807) is 0 Å². The van der Waals surface area contributed by atoms with Gasteiger partial charge >= 0.3 is 12.3 Å². The van der Waals surface area contributed by atoms with Crippen molar-refractivity contribution >= 4 is 17.6 Å². The highest BCUT2D eigenvalue weighted by Gasteiger charge is 2.33. The van der Waals surface area contributed by atoms with Crippen molar-refractivity contribution in [2.45, 2.75) is 25.6 Å². The van der Waals surface area contributed by atoms with E-state index in [2.05, 4.69) is 14.5 Å². The molecule has 0 spiro atoms. The van der Waals surface area contributed by atoms with Gasteiger partial charge in [-0.25, -0.2) is 4.98 Å². The molecule has 0 N–H and O–H groups in total. The number of hydrogen-bond acceptors (Lipinski definition) is 4. The maximum absolute atomic E-state index is 13.4. The Kier molecular flexibility index (Phi) is 5.55. The molecule has 0 fully saturated rings. The predicted octanol–water partition coefficient (Wildman–Crippen LogP) is 2.96. The highest BCUT2D eigenvalue weighted by atomic mass is 35.5. The zero-order chi connectivity index (χ0) is 15.3. The van der Waals surface area contributed by atoms with Crippen LogP contribution in [0.5, 0.6) is 5.75 Å². The van der Waals surface area contributed by atoms with Crippen LogP contribution in [-0.2, 0) is 21.8 Å². The number of aromatic nitrogens is 1. The minimum absolute atomic E-state index is 0.0382. The monoisotopic (exact) mass is 315 g/mol. The molecular formula is C11H10ClF4NO3. The minimum atomic E-state index is -4.99. The first-order chi connectivity index (χ1) is 9.26. The van der Waals surface area contributed by atoms with Crippen molar-refractivity contribution in [2.24, 2.45) is 0 Å². The highest BCUT2D eigenvalue weighted by Crippen LogP contribution is 2.28. The zero-order valence-corrected chi connectivity index (χ0v) is 11.0. The standard InChI is InChI=1S/C11H10ClF4NO3/c1-2-19-9(18)4-7-8(20-11(14,15)16)3-6(5-12)10(13)17-7/h3H,2,4-5H2,1H3. The van der Waals surface area contributed by atoms with Crippen molar-refractivity contribution in [3.8, 4) is 5.75 Å². The van der Waals surface area contributed by atoms with Gasteiger partial charge in [0, 0.05) is 5.56 Å². The van der Waals surface area contributed by atoms with Gasteiger partial charge in [-0.2, -0.15) is 4.39 Å². The van der Waals surface area contributed by atoms with Gasteiger partial charge in [-0.3, -0.25) is 4.79 Å². The Balaban J connectivity index is 3.12. The fraction of sp³-hybridized carbons (Fsp3) is 0.455. The molecule has 0 aliphatic heterocycles. The Morgan fingerprint density at radius 2 is 2.10 bits per heavy atom. The molecule has 9 heteroatoms. The second kappa shape index (κ2) is 6.74. The number of carbonyl (C=O) groups excluding carboxylic acids is 1. The average molecular weight is 316 g/mol. The maximum atomic E-state index is 13.4. The number of ether oxygens (including phenoxy) is 2. The van der Waals surface area contributed by atoms with Crippen molar-refractivity contribution in [1.29, 1.82) is 0 Å². The summed E-state index contributed by atoms with van der Waals surface area (Å²) >= 11 is 5.37. The van der Waals surface area contributed by atoms with Crippen LogP contribution in [0.4, 0.5) is 17.6 Å². The van der Waals surface area contributed by atoms with Crippen LogP contribution in [-0.4, -0.2) is 23.9 Å². The molecule has 1 heterocycles. The summed E-state index contributed by atoms with van der Waals surface area (Å²) < 4.78 is 58.4. The lowest BCUT2D eigenvalue weighted by molar-refractivity contribution is -0.275. The Morgan fingerprint density at radius 3 is 2.60 bits per heavy atom. The first-order valence-corrected chi connectivity index (χ1v) is 5.96. The molecule has 0 radical (unpaired) electrons. The Bertz CT molecular complexity index is 493. The molecule has 1 aromatic heterocycles. The average Bonchev–Trinajstić information content (AvgIpc) is 2.31. The van der Waals surface area contributed by atoms with E-state index in [1.165, 1.54) is 6.92 Å². The molecule has 0 aliphatic rings. The molecular weight excluding hydrogens is 306 g/mol. The summed E-state index contributed by atoms with van der Waals surface area (Å²) in [4.78, 5) is 14.5. The summed E-state index contributed by atoms with van der Waals surface area (Å²) in [7, 11) is 0. The Labute approximate surface area is 116 Å². The van der Waals surface area contributed by atoms with Gasteiger partial charge in [0.1, 0.15) is 0 Å². The highest BCUT2D eigenvalue weighted by molar-refractivity contribution is 6.17. The Hall–Kier alpha value is -1.57. The summed E-state index contributed by atoms with van der Waals surface area (Å²) in [6.07, 6.45) is -5.63. The van der Waals surface area contributed by atoms with Crippen molar-refractivity contribution < 1.29 is 31.8 Å². The number of pyridine rings is 1. The fourth-order valence-corrected chi connectivity index (χ4v) is 1.52. The third-order valence-electron chi connectivity index (χ3n) is 2.07. The smallest absolute Gasteiger partial charge is 0.466 e. The predicted molar refractivity (Wildman–Crippen MR) is 60.8 cm³/mol. The molecule has 1 aromatic rings. The van der Waals surface area contributed by atoms with Crippen LogP contribution in [0, 0.1) is 5.95 Å². The lowest BCUT2D eigenvalue weighted by atomic mass is 10.2. The van der Waals surface area contributed by atoms with E-state index in [4.69, 9.17) is 11.6 Å². The molecule has 1 rings (SSSR count). The van der Waals surface area contributed by atoms with Gasteiger partial charge in [-0.15, -0.1) is 24.8 Å².